The number of ether oxygens (including phenoxy) is 1. The van der Waals surface area contributed by atoms with Gasteiger partial charge in [-0.3, -0.25) is 4.79 Å². The second kappa shape index (κ2) is 10.1. The molecule has 2 aromatic carbocycles. The number of morpholine rings is 1. The molecule has 172 valence electrons. The van der Waals surface area contributed by atoms with Gasteiger partial charge in [0, 0.05) is 26.1 Å². The van der Waals surface area contributed by atoms with Gasteiger partial charge in [0.05, 0.1) is 17.5 Å². The van der Waals surface area contributed by atoms with E-state index >= 15 is 0 Å². The lowest BCUT2D eigenvalue weighted by Crippen LogP contribution is -2.46. The summed E-state index contributed by atoms with van der Waals surface area (Å²) >= 11 is 0. The van der Waals surface area contributed by atoms with Crippen molar-refractivity contribution in [2.24, 2.45) is 0 Å². The molecule has 2 atom stereocenters. The van der Waals surface area contributed by atoms with Gasteiger partial charge in [-0.15, -0.1) is 0 Å². The number of piperidine rings is 1. The molecule has 0 bridgehead atoms. The molecule has 2 fully saturated rings. The van der Waals surface area contributed by atoms with E-state index in [2.05, 4.69) is 0 Å². The number of carbonyl (C=O) groups is 1. The maximum atomic E-state index is 12.9. The SMILES string of the molecule is CC1CN(C(=O)CCc2ccc(S(=O)(=O)N3CCCCC3)cc2)CC(c2ccccc2)O1. The van der Waals surface area contributed by atoms with Gasteiger partial charge >= 0.3 is 0 Å². The van der Waals surface area contributed by atoms with Crippen LogP contribution in [-0.4, -0.2) is 55.8 Å². The zero-order chi connectivity index (χ0) is 22.6. The van der Waals surface area contributed by atoms with Crippen LogP contribution in [0.1, 0.15) is 49.8 Å². The molecule has 0 N–H and O–H groups in total. The molecule has 0 aromatic heterocycles. The van der Waals surface area contributed by atoms with E-state index in [0.717, 1.165) is 30.4 Å². The Bertz CT molecular complexity index is 1000. The van der Waals surface area contributed by atoms with E-state index < -0.39 is 10.0 Å². The van der Waals surface area contributed by atoms with Crippen molar-refractivity contribution in [1.29, 1.82) is 0 Å². The van der Waals surface area contributed by atoms with Gasteiger partial charge in [-0.2, -0.15) is 4.31 Å². The maximum Gasteiger partial charge on any atom is 0.243 e. The molecule has 6 nitrogen and oxygen atoms in total. The fourth-order valence-corrected chi connectivity index (χ4v) is 6.02. The second-order valence-corrected chi connectivity index (χ2v) is 10.7. The highest BCUT2D eigenvalue weighted by atomic mass is 32.2. The predicted molar refractivity (Wildman–Crippen MR) is 124 cm³/mol. The van der Waals surface area contributed by atoms with Crippen LogP contribution in [0, 0.1) is 0 Å². The van der Waals surface area contributed by atoms with Crippen molar-refractivity contribution in [2.45, 2.75) is 56.1 Å². The van der Waals surface area contributed by atoms with Gasteiger partial charge in [0.25, 0.3) is 0 Å². The Balaban J connectivity index is 1.34. The van der Waals surface area contributed by atoms with E-state index in [-0.39, 0.29) is 18.1 Å². The molecular formula is C25H32N2O4S. The van der Waals surface area contributed by atoms with Gasteiger partial charge in [-0.05, 0) is 49.4 Å². The first kappa shape index (κ1) is 23.0. The lowest BCUT2D eigenvalue weighted by molar-refractivity contribution is -0.144. The number of amides is 1. The third-order valence-electron chi connectivity index (χ3n) is 6.29. The van der Waals surface area contributed by atoms with Crippen molar-refractivity contribution in [2.75, 3.05) is 26.2 Å². The van der Waals surface area contributed by atoms with Crippen molar-refractivity contribution in [1.82, 2.24) is 9.21 Å². The minimum atomic E-state index is -3.42. The summed E-state index contributed by atoms with van der Waals surface area (Å²) in [6.45, 7) is 4.34. The molecule has 7 heteroatoms. The lowest BCUT2D eigenvalue weighted by atomic mass is 10.1. The zero-order valence-corrected chi connectivity index (χ0v) is 19.5. The highest BCUT2D eigenvalue weighted by Crippen LogP contribution is 2.26. The fourth-order valence-electron chi connectivity index (χ4n) is 4.50. The summed E-state index contributed by atoms with van der Waals surface area (Å²) in [4.78, 5) is 15.1. The monoisotopic (exact) mass is 456 g/mol. The van der Waals surface area contributed by atoms with E-state index in [1.165, 1.54) is 0 Å². The summed E-state index contributed by atoms with van der Waals surface area (Å²) in [5, 5.41) is 0. The van der Waals surface area contributed by atoms with Crippen molar-refractivity contribution in [3.05, 3.63) is 65.7 Å². The van der Waals surface area contributed by atoms with Crippen LogP contribution in [0.3, 0.4) is 0 Å². The summed E-state index contributed by atoms with van der Waals surface area (Å²) in [5.74, 6) is 0.103. The van der Waals surface area contributed by atoms with Crippen LogP contribution in [0.5, 0.6) is 0 Å². The molecule has 2 unspecified atom stereocenters. The highest BCUT2D eigenvalue weighted by molar-refractivity contribution is 7.89. The van der Waals surface area contributed by atoms with Gasteiger partial charge < -0.3 is 9.64 Å². The van der Waals surface area contributed by atoms with E-state index in [4.69, 9.17) is 4.74 Å². The molecule has 2 aliphatic heterocycles. The Labute approximate surface area is 191 Å². The first-order valence-electron chi connectivity index (χ1n) is 11.5. The molecule has 0 radical (unpaired) electrons. The number of hydrogen-bond acceptors (Lipinski definition) is 4. The van der Waals surface area contributed by atoms with Gasteiger partial charge in [-0.1, -0.05) is 48.9 Å². The van der Waals surface area contributed by atoms with Crippen LogP contribution < -0.4 is 0 Å². The Hall–Kier alpha value is -2.22. The summed E-state index contributed by atoms with van der Waals surface area (Å²) in [6.07, 6.45) is 3.79. The number of rotatable bonds is 6. The van der Waals surface area contributed by atoms with Gasteiger partial charge in [0.2, 0.25) is 15.9 Å². The van der Waals surface area contributed by atoms with E-state index in [1.54, 1.807) is 16.4 Å². The van der Waals surface area contributed by atoms with Crippen molar-refractivity contribution in [3.8, 4) is 0 Å². The van der Waals surface area contributed by atoms with E-state index in [1.807, 2.05) is 54.3 Å². The number of hydrogen-bond donors (Lipinski definition) is 0. The average Bonchev–Trinajstić information content (AvgIpc) is 2.83. The molecule has 32 heavy (non-hydrogen) atoms. The third-order valence-corrected chi connectivity index (χ3v) is 8.20. The highest BCUT2D eigenvalue weighted by Gasteiger charge is 2.29. The first-order valence-corrected chi connectivity index (χ1v) is 12.9. The molecule has 1 amide bonds. The van der Waals surface area contributed by atoms with Crippen molar-refractivity contribution in [3.63, 3.8) is 0 Å². The molecule has 0 aliphatic carbocycles. The third kappa shape index (κ3) is 5.39. The Morgan fingerprint density at radius 1 is 0.969 bits per heavy atom. The summed E-state index contributed by atoms with van der Waals surface area (Å²) in [5.41, 5.74) is 2.05. The normalized spacial score (nSPS) is 22.6. The molecule has 2 aromatic rings. The molecule has 0 spiro atoms. The Kier molecular flexibility index (Phi) is 7.28. The summed E-state index contributed by atoms with van der Waals surface area (Å²) in [6, 6.07) is 17.0. The topological polar surface area (TPSA) is 66.9 Å². The zero-order valence-electron chi connectivity index (χ0n) is 18.7. The Morgan fingerprint density at radius 2 is 1.66 bits per heavy atom. The average molecular weight is 457 g/mol. The number of benzene rings is 2. The molecular weight excluding hydrogens is 424 g/mol. The second-order valence-electron chi connectivity index (χ2n) is 8.75. The molecule has 2 heterocycles. The van der Waals surface area contributed by atoms with Crippen LogP contribution in [0.2, 0.25) is 0 Å². The predicted octanol–water partition coefficient (Wildman–Crippen LogP) is 3.78. The number of aryl methyl sites for hydroxylation is 1. The Morgan fingerprint density at radius 3 is 2.34 bits per heavy atom. The largest absolute Gasteiger partial charge is 0.367 e. The minimum Gasteiger partial charge on any atom is -0.367 e. The van der Waals surface area contributed by atoms with Crippen LogP contribution in [0.25, 0.3) is 0 Å². The van der Waals surface area contributed by atoms with Crippen molar-refractivity contribution >= 4 is 15.9 Å². The number of sulfonamides is 1. The lowest BCUT2D eigenvalue weighted by Gasteiger charge is -2.37. The molecule has 4 rings (SSSR count). The fraction of sp³-hybridized carbons (Fsp3) is 0.480. The molecule has 2 aliphatic rings. The van der Waals surface area contributed by atoms with Gasteiger partial charge in [-0.25, -0.2) is 8.42 Å². The van der Waals surface area contributed by atoms with E-state index in [9.17, 15) is 13.2 Å². The minimum absolute atomic E-state index is 0.0165. The standard InChI is InChI=1S/C25H32N2O4S/c1-20-18-26(19-24(31-20)22-8-4-2-5-9-22)25(28)15-12-21-10-13-23(14-11-21)32(29,30)27-16-6-3-7-17-27/h2,4-5,8-11,13-14,20,24H,3,6-7,12,15-19H2,1H3. The van der Waals surface area contributed by atoms with Crippen molar-refractivity contribution < 1.29 is 17.9 Å². The van der Waals surface area contributed by atoms with Gasteiger partial charge in [0.15, 0.2) is 0 Å². The van der Waals surface area contributed by atoms with Crippen LogP contribution in [0.4, 0.5) is 0 Å². The quantitative estimate of drug-likeness (QED) is 0.663. The molecule has 2 saturated heterocycles. The first-order chi connectivity index (χ1) is 15.4. The van der Waals surface area contributed by atoms with Crippen LogP contribution in [-0.2, 0) is 26.0 Å². The number of nitrogens with zero attached hydrogens (tertiary/aromatic N) is 2. The van der Waals surface area contributed by atoms with Crippen LogP contribution in [0.15, 0.2) is 59.5 Å². The molecule has 0 saturated carbocycles. The summed E-state index contributed by atoms with van der Waals surface area (Å²) < 4.78 is 33.2. The number of carbonyl (C=O) groups excluding carboxylic acids is 1. The summed E-state index contributed by atoms with van der Waals surface area (Å²) in [7, 11) is -3.42. The van der Waals surface area contributed by atoms with Gasteiger partial charge in [0.1, 0.15) is 6.10 Å². The maximum absolute atomic E-state index is 12.9. The van der Waals surface area contributed by atoms with E-state index in [0.29, 0.717) is 43.9 Å². The smallest absolute Gasteiger partial charge is 0.243 e. The van der Waals surface area contributed by atoms with Crippen LogP contribution >= 0.6 is 0 Å².